The lowest BCUT2D eigenvalue weighted by Gasteiger charge is -1.97. The summed E-state index contributed by atoms with van der Waals surface area (Å²) in [4.78, 5) is 10.2. The molecule has 4 nitrogen and oxygen atoms in total. The highest BCUT2D eigenvalue weighted by atomic mass is 16.7. The number of hydrogen-bond donors (Lipinski definition) is 0. The third kappa shape index (κ3) is 1.69. The number of carboxylic acid groups (broad SMARTS) is 1. The average Bonchev–Trinajstić information content (AvgIpc) is 2.61. The van der Waals surface area contributed by atoms with E-state index in [1.54, 1.807) is 18.2 Å². The van der Waals surface area contributed by atoms with Gasteiger partial charge >= 0.3 is 0 Å². The van der Waals surface area contributed by atoms with Crippen LogP contribution < -0.4 is 14.6 Å². The Morgan fingerprint density at radius 2 is 2.14 bits per heavy atom. The first-order chi connectivity index (χ1) is 6.75. The fraction of sp³-hybridized carbons (Fsp3) is 0.100. The Labute approximate surface area is 80.4 Å². The number of aliphatic carboxylic acids is 1. The molecular formula is C10H7O4-. The number of fused-ring (bicyclic) bond motifs is 1. The molecule has 0 spiro atoms. The van der Waals surface area contributed by atoms with E-state index in [-0.39, 0.29) is 6.79 Å². The van der Waals surface area contributed by atoms with E-state index >= 15 is 0 Å². The van der Waals surface area contributed by atoms with Gasteiger partial charge in [-0.3, -0.25) is 0 Å². The first kappa shape index (κ1) is 8.62. The SMILES string of the molecule is O=C([O-])/C=C/c1ccc2c(c1)OCO2. The van der Waals surface area contributed by atoms with Crippen LogP contribution in [0.5, 0.6) is 11.5 Å². The Balaban J connectivity index is 2.25. The topological polar surface area (TPSA) is 58.6 Å². The van der Waals surface area contributed by atoms with Gasteiger partial charge in [0.15, 0.2) is 11.5 Å². The molecule has 0 amide bonds. The lowest BCUT2D eigenvalue weighted by Crippen LogP contribution is -2.18. The van der Waals surface area contributed by atoms with Crippen LogP contribution in [-0.2, 0) is 4.79 Å². The predicted molar refractivity (Wildman–Crippen MR) is 46.6 cm³/mol. The minimum absolute atomic E-state index is 0.211. The Morgan fingerprint density at radius 3 is 2.93 bits per heavy atom. The number of carbonyl (C=O) groups excluding carboxylic acids is 1. The van der Waals surface area contributed by atoms with Crippen molar-refractivity contribution in [3.05, 3.63) is 29.8 Å². The van der Waals surface area contributed by atoms with E-state index < -0.39 is 5.97 Å². The molecule has 0 fully saturated rings. The number of carbonyl (C=O) groups is 1. The van der Waals surface area contributed by atoms with Gasteiger partial charge < -0.3 is 19.4 Å². The number of carboxylic acids is 1. The molecule has 1 heterocycles. The molecule has 1 aliphatic heterocycles. The molecule has 0 aromatic heterocycles. The monoisotopic (exact) mass is 191 g/mol. The minimum atomic E-state index is -1.22. The minimum Gasteiger partial charge on any atom is -0.545 e. The van der Waals surface area contributed by atoms with E-state index in [4.69, 9.17) is 9.47 Å². The summed E-state index contributed by atoms with van der Waals surface area (Å²) in [6, 6.07) is 5.19. The highest BCUT2D eigenvalue weighted by molar-refractivity contribution is 5.83. The van der Waals surface area contributed by atoms with Gasteiger partial charge in [-0.2, -0.15) is 0 Å². The zero-order valence-electron chi connectivity index (χ0n) is 7.23. The van der Waals surface area contributed by atoms with Crippen LogP contribution in [0, 0.1) is 0 Å². The van der Waals surface area contributed by atoms with Crippen LogP contribution in [0.15, 0.2) is 24.3 Å². The summed E-state index contributed by atoms with van der Waals surface area (Å²) in [5.41, 5.74) is 0.735. The molecule has 0 saturated heterocycles. The van der Waals surface area contributed by atoms with Gasteiger partial charge in [-0.1, -0.05) is 12.1 Å². The lowest BCUT2D eigenvalue weighted by atomic mass is 10.2. The van der Waals surface area contributed by atoms with Crippen molar-refractivity contribution in [2.24, 2.45) is 0 Å². The average molecular weight is 191 g/mol. The van der Waals surface area contributed by atoms with E-state index in [9.17, 15) is 9.90 Å². The van der Waals surface area contributed by atoms with Gasteiger partial charge in [-0.25, -0.2) is 0 Å². The van der Waals surface area contributed by atoms with Gasteiger partial charge in [0.1, 0.15) is 0 Å². The summed E-state index contributed by atoms with van der Waals surface area (Å²) in [5.74, 6) is 0.0868. The maximum absolute atomic E-state index is 10.2. The molecule has 0 N–H and O–H groups in total. The number of rotatable bonds is 2. The molecule has 0 bridgehead atoms. The number of ether oxygens (including phenoxy) is 2. The summed E-state index contributed by atoms with van der Waals surface area (Å²) in [5, 5.41) is 10.2. The summed E-state index contributed by atoms with van der Waals surface area (Å²) in [6.07, 6.45) is 2.41. The standard InChI is InChI=1S/C10H8O4/c11-10(12)4-2-7-1-3-8-9(5-7)14-6-13-8/h1-5H,6H2,(H,11,12)/p-1/b4-2+. The zero-order valence-corrected chi connectivity index (χ0v) is 7.23. The highest BCUT2D eigenvalue weighted by Crippen LogP contribution is 2.32. The van der Waals surface area contributed by atoms with Crippen molar-refractivity contribution in [2.75, 3.05) is 6.79 Å². The highest BCUT2D eigenvalue weighted by Gasteiger charge is 2.11. The van der Waals surface area contributed by atoms with Crippen LogP contribution in [0.1, 0.15) is 5.56 Å². The molecule has 0 unspecified atom stereocenters. The van der Waals surface area contributed by atoms with Crippen molar-refractivity contribution >= 4 is 12.0 Å². The second-order valence-electron chi connectivity index (χ2n) is 2.77. The molecule has 1 aromatic rings. The Kier molecular flexibility index (Phi) is 2.10. The summed E-state index contributed by atoms with van der Waals surface area (Å²) < 4.78 is 10.2. The van der Waals surface area contributed by atoms with Crippen molar-refractivity contribution in [1.29, 1.82) is 0 Å². The molecule has 72 valence electrons. The van der Waals surface area contributed by atoms with E-state index in [0.717, 1.165) is 11.6 Å². The number of benzene rings is 1. The molecule has 2 rings (SSSR count). The first-order valence-electron chi connectivity index (χ1n) is 4.04. The van der Waals surface area contributed by atoms with Gasteiger partial charge in [-0.05, 0) is 23.8 Å². The fourth-order valence-electron chi connectivity index (χ4n) is 1.18. The van der Waals surface area contributed by atoms with Crippen LogP contribution in [0.4, 0.5) is 0 Å². The van der Waals surface area contributed by atoms with Crippen LogP contribution in [-0.4, -0.2) is 12.8 Å². The van der Waals surface area contributed by atoms with Gasteiger partial charge in [0.25, 0.3) is 0 Å². The van der Waals surface area contributed by atoms with Gasteiger partial charge in [0, 0.05) is 0 Å². The molecule has 14 heavy (non-hydrogen) atoms. The maximum atomic E-state index is 10.2. The van der Waals surface area contributed by atoms with Crippen LogP contribution in [0.2, 0.25) is 0 Å². The number of hydrogen-bond acceptors (Lipinski definition) is 4. The van der Waals surface area contributed by atoms with Crippen molar-refractivity contribution in [3.63, 3.8) is 0 Å². The normalized spacial score (nSPS) is 13.4. The quantitative estimate of drug-likeness (QED) is 0.625. The Morgan fingerprint density at radius 1 is 1.36 bits per heavy atom. The molecule has 0 aliphatic carbocycles. The van der Waals surface area contributed by atoms with Gasteiger partial charge in [0.2, 0.25) is 6.79 Å². The molecule has 0 saturated carbocycles. The molecule has 1 aliphatic rings. The Hall–Kier alpha value is -1.97. The van der Waals surface area contributed by atoms with E-state index in [1.807, 2.05) is 0 Å². The largest absolute Gasteiger partial charge is 0.545 e. The molecule has 4 heteroatoms. The third-order valence-electron chi connectivity index (χ3n) is 1.81. The lowest BCUT2D eigenvalue weighted by molar-refractivity contribution is -0.297. The second kappa shape index (κ2) is 3.41. The van der Waals surface area contributed by atoms with Crippen LogP contribution in [0.3, 0.4) is 0 Å². The molecule has 1 aromatic carbocycles. The van der Waals surface area contributed by atoms with E-state index in [2.05, 4.69) is 0 Å². The first-order valence-corrected chi connectivity index (χ1v) is 4.04. The van der Waals surface area contributed by atoms with Crippen molar-refractivity contribution in [2.45, 2.75) is 0 Å². The van der Waals surface area contributed by atoms with Gasteiger partial charge in [0.05, 0.1) is 5.97 Å². The predicted octanol–water partition coefficient (Wildman–Crippen LogP) is 0.178. The van der Waals surface area contributed by atoms with Crippen LogP contribution >= 0.6 is 0 Å². The van der Waals surface area contributed by atoms with Crippen LogP contribution in [0.25, 0.3) is 6.08 Å². The third-order valence-corrected chi connectivity index (χ3v) is 1.81. The molecular weight excluding hydrogens is 184 g/mol. The Bertz CT molecular complexity index is 395. The fourth-order valence-corrected chi connectivity index (χ4v) is 1.18. The summed E-state index contributed by atoms with van der Waals surface area (Å²) in [6.45, 7) is 0.211. The molecule has 0 atom stereocenters. The van der Waals surface area contributed by atoms with E-state index in [0.29, 0.717) is 11.5 Å². The summed E-state index contributed by atoms with van der Waals surface area (Å²) >= 11 is 0. The molecule has 0 radical (unpaired) electrons. The van der Waals surface area contributed by atoms with Crippen molar-refractivity contribution in [1.82, 2.24) is 0 Å². The smallest absolute Gasteiger partial charge is 0.231 e. The maximum Gasteiger partial charge on any atom is 0.231 e. The zero-order chi connectivity index (χ0) is 9.97. The van der Waals surface area contributed by atoms with E-state index in [1.165, 1.54) is 6.08 Å². The second-order valence-corrected chi connectivity index (χ2v) is 2.77. The van der Waals surface area contributed by atoms with Crippen molar-refractivity contribution in [3.8, 4) is 11.5 Å². The van der Waals surface area contributed by atoms with Gasteiger partial charge in [-0.15, -0.1) is 0 Å². The van der Waals surface area contributed by atoms with Crippen molar-refractivity contribution < 1.29 is 19.4 Å². The summed E-state index contributed by atoms with van der Waals surface area (Å²) in [7, 11) is 0.